The fraction of sp³-hybridized carbons (Fsp3) is 0.167. The van der Waals surface area contributed by atoms with E-state index in [-0.39, 0.29) is 6.61 Å². The van der Waals surface area contributed by atoms with Crippen molar-refractivity contribution in [2.75, 3.05) is 7.11 Å². The molecule has 0 aliphatic heterocycles. The molecule has 0 saturated carbocycles. The van der Waals surface area contributed by atoms with Gasteiger partial charge in [-0.2, -0.15) is 0 Å². The largest absolute Gasteiger partial charge is 0.481 e. The lowest BCUT2D eigenvalue weighted by Gasteiger charge is -2.08. The summed E-state index contributed by atoms with van der Waals surface area (Å²) < 4.78 is 5.20. The van der Waals surface area contributed by atoms with Crippen LogP contribution < -0.4 is 4.74 Å². The summed E-state index contributed by atoms with van der Waals surface area (Å²) in [6, 6.07) is 7.43. The lowest BCUT2D eigenvalue weighted by atomic mass is 10.1. The highest BCUT2D eigenvalue weighted by Gasteiger charge is 2.07. The normalized spacial score (nSPS) is 10.1. The van der Waals surface area contributed by atoms with E-state index in [0.717, 1.165) is 11.1 Å². The van der Waals surface area contributed by atoms with Gasteiger partial charge in [0.15, 0.2) is 0 Å². The first-order valence-electron chi connectivity index (χ1n) is 4.90. The Bertz CT molecular complexity index is 472. The predicted molar refractivity (Wildman–Crippen MR) is 59.9 cm³/mol. The van der Waals surface area contributed by atoms with Gasteiger partial charge in [-0.15, -0.1) is 0 Å². The van der Waals surface area contributed by atoms with Crippen molar-refractivity contribution >= 4 is 0 Å². The zero-order valence-corrected chi connectivity index (χ0v) is 8.92. The summed E-state index contributed by atoms with van der Waals surface area (Å²) in [5, 5.41) is 8.99. The Labute approximate surface area is 93.6 Å². The summed E-state index contributed by atoms with van der Waals surface area (Å²) >= 11 is 0. The topological polar surface area (TPSA) is 55.2 Å². The Hall–Kier alpha value is -1.94. The van der Waals surface area contributed by atoms with Crippen LogP contribution in [0.4, 0.5) is 0 Å². The minimum atomic E-state index is -0.0903. The highest BCUT2D eigenvalue weighted by Crippen LogP contribution is 2.27. The molecule has 16 heavy (non-hydrogen) atoms. The fourth-order valence-corrected chi connectivity index (χ4v) is 1.47. The number of hydrogen-bond acceptors (Lipinski definition) is 4. The number of hydrogen-bond donors (Lipinski definition) is 1. The molecule has 0 saturated heterocycles. The van der Waals surface area contributed by atoms with Gasteiger partial charge < -0.3 is 9.84 Å². The molecule has 0 aromatic carbocycles. The maximum atomic E-state index is 8.99. The van der Waals surface area contributed by atoms with Crippen molar-refractivity contribution in [1.29, 1.82) is 0 Å². The Morgan fingerprint density at radius 2 is 1.94 bits per heavy atom. The molecular weight excluding hydrogens is 204 g/mol. The van der Waals surface area contributed by atoms with Crippen molar-refractivity contribution < 1.29 is 9.84 Å². The van der Waals surface area contributed by atoms with Crippen LogP contribution in [0.15, 0.2) is 36.7 Å². The van der Waals surface area contributed by atoms with Crippen molar-refractivity contribution in [3.63, 3.8) is 0 Å². The van der Waals surface area contributed by atoms with Crippen LogP contribution in [0.2, 0.25) is 0 Å². The number of aromatic nitrogens is 2. The first-order valence-corrected chi connectivity index (χ1v) is 4.90. The van der Waals surface area contributed by atoms with Crippen LogP contribution in [0.1, 0.15) is 5.69 Å². The maximum Gasteiger partial charge on any atom is 0.221 e. The van der Waals surface area contributed by atoms with Crippen molar-refractivity contribution in [2.45, 2.75) is 6.61 Å². The second kappa shape index (κ2) is 4.72. The Balaban J connectivity index is 2.49. The minimum absolute atomic E-state index is 0.0903. The molecule has 2 rings (SSSR count). The van der Waals surface area contributed by atoms with E-state index in [1.54, 1.807) is 25.6 Å². The van der Waals surface area contributed by atoms with Gasteiger partial charge in [-0.05, 0) is 29.8 Å². The summed E-state index contributed by atoms with van der Waals surface area (Å²) in [7, 11) is 1.56. The molecule has 0 radical (unpaired) electrons. The number of nitrogens with zero attached hydrogens (tertiary/aromatic N) is 2. The van der Waals surface area contributed by atoms with E-state index in [1.165, 1.54) is 0 Å². The molecule has 4 heteroatoms. The molecule has 1 N–H and O–H groups in total. The maximum absolute atomic E-state index is 8.99. The van der Waals surface area contributed by atoms with Crippen LogP contribution in [0.3, 0.4) is 0 Å². The molecule has 2 heterocycles. The van der Waals surface area contributed by atoms with E-state index in [0.29, 0.717) is 11.6 Å². The molecule has 0 fully saturated rings. The second-order valence-corrected chi connectivity index (χ2v) is 3.25. The van der Waals surface area contributed by atoms with Gasteiger partial charge in [-0.3, -0.25) is 4.98 Å². The molecule has 82 valence electrons. The van der Waals surface area contributed by atoms with Crippen LogP contribution in [-0.4, -0.2) is 22.2 Å². The second-order valence-electron chi connectivity index (χ2n) is 3.25. The van der Waals surface area contributed by atoms with E-state index in [9.17, 15) is 0 Å². The van der Waals surface area contributed by atoms with E-state index >= 15 is 0 Å². The van der Waals surface area contributed by atoms with E-state index in [2.05, 4.69) is 9.97 Å². The van der Waals surface area contributed by atoms with Gasteiger partial charge in [0.2, 0.25) is 5.88 Å². The summed E-state index contributed by atoms with van der Waals surface area (Å²) in [6.45, 7) is -0.0903. The quantitative estimate of drug-likeness (QED) is 0.847. The molecule has 0 atom stereocenters. The lowest BCUT2D eigenvalue weighted by molar-refractivity contribution is 0.274. The van der Waals surface area contributed by atoms with Gasteiger partial charge in [0.1, 0.15) is 0 Å². The number of pyridine rings is 2. The van der Waals surface area contributed by atoms with Crippen LogP contribution >= 0.6 is 0 Å². The Morgan fingerprint density at radius 3 is 2.56 bits per heavy atom. The fourth-order valence-electron chi connectivity index (χ4n) is 1.47. The SMILES string of the molecule is COc1nc(CO)ccc1-c1ccncc1. The molecule has 0 aliphatic rings. The average Bonchev–Trinajstić information content (AvgIpc) is 2.39. The molecule has 2 aromatic rings. The lowest BCUT2D eigenvalue weighted by Crippen LogP contribution is -1.96. The van der Waals surface area contributed by atoms with Crippen molar-refractivity contribution in [1.82, 2.24) is 9.97 Å². The van der Waals surface area contributed by atoms with Gasteiger partial charge in [0.05, 0.1) is 19.4 Å². The molecule has 0 unspecified atom stereocenters. The van der Waals surface area contributed by atoms with Gasteiger partial charge in [-0.1, -0.05) is 0 Å². The Kier molecular flexibility index (Phi) is 3.12. The number of methoxy groups -OCH3 is 1. The Morgan fingerprint density at radius 1 is 1.19 bits per heavy atom. The van der Waals surface area contributed by atoms with Crippen LogP contribution in [0.25, 0.3) is 11.1 Å². The van der Waals surface area contributed by atoms with Crippen LogP contribution in [-0.2, 0) is 6.61 Å². The molecule has 0 spiro atoms. The monoisotopic (exact) mass is 216 g/mol. The van der Waals surface area contributed by atoms with E-state index in [1.807, 2.05) is 18.2 Å². The predicted octanol–water partition coefficient (Wildman–Crippen LogP) is 1.64. The van der Waals surface area contributed by atoms with E-state index in [4.69, 9.17) is 9.84 Å². The summed E-state index contributed by atoms with van der Waals surface area (Å²) in [5.41, 5.74) is 2.47. The zero-order chi connectivity index (χ0) is 11.4. The third-order valence-corrected chi connectivity index (χ3v) is 2.26. The molecule has 4 nitrogen and oxygen atoms in total. The molecule has 0 amide bonds. The van der Waals surface area contributed by atoms with Gasteiger partial charge in [0, 0.05) is 18.0 Å². The van der Waals surface area contributed by atoms with Gasteiger partial charge in [0.25, 0.3) is 0 Å². The first-order chi connectivity index (χ1) is 7.85. The highest BCUT2D eigenvalue weighted by molar-refractivity contribution is 5.68. The minimum Gasteiger partial charge on any atom is -0.481 e. The standard InChI is InChI=1S/C12H12N2O2/c1-16-12-11(3-2-10(8-15)14-12)9-4-6-13-7-5-9/h2-7,15H,8H2,1H3. The van der Waals surface area contributed by atoms with Crippen molar-refractivity contribution in [3.05, 3.63) is 42.4 Å². The summed E-state index contributed by atoms with van der Waals surface area (Å²) in [6.07, 6.45) is 3.43. The molecule has 0 bridgehead atoms. The third kappa shape index (κ3) is 2.01. The smallest absolute Gasteiger partial charge is 0.221 e. The van der Waals surface area contributed by atoms with Gasteiger partial charge >= 0.3 is 0 Å². The van der Waals surface area contributed by atoms with E-state index < -0.39 is 0 Å². The number of rotatable bonds is 3. The summed E-state index contributed by atoms with van der Waals surface area (Å²) in [5.74, 6) is 0.512. The average molecular weight is 216 g/mol. The molecule has 2 aromatic heterocycles. The van der Waals surface area contributed by atoms with Gasteiger partial charge in [-0.25, -0.2) is 4.98 Å². The molecular formula is C12H12N2O2. The summed E-state index contributed by atoms with van der Waals surface area (Å²) in [4.78, 5) is 8.15. The highest BCUT2D eigenvalue weighted by atomic mass is 16.5. The zero-order valence-electron chi connectivity index (χ0n) is 8.92. The number of aliphatic hydroxyl groups excluding tert-OH is 1. The third-order valence-electron chi connectivity index (χ3n) is 2.26. The first kappa shape index (κ1) is 10.6. The number of aliphatic hydroxyl groups is 1. The van der Waals surface area contributed by atoms with Crippen molar-refractivity contribution in [2.24, 2.45) is 0 Å². The number of ether oxygens (including phenoxy) is 1. The van der Waals surface area contributed by atoms with Crippen LogP contribution in [0.5, 0.6) is 5.88 Å². The van der Waals surface area contributed by atoms with Crippen molar-refractivity contribution in [3.8, 4) is 17.0 Å². The molecule has 0 aliphatic carbocycles. The van der Waals surface area contributed by atoms with Crippen LogP contribution in [0, 0.1) is 0 Å².